The summed E-state index contributed by atoms with van der Waals surface area (Å²) in [6.07, 6.45) is 3.88. The Morgan fingerprint density at radius 2 is 1.80 bits per heavy atom. The summed E-state index contributed by atoms with van der Waals surface area (Å²) < 4.78 is 5.58. The van der Waals surface area contributed by atoms with Crippen molar-refractivity contribution in [2.24, 2.45) is 0 Å². The van der Waals surface area contributed by atoms with Crippen molar-refractivity contribution in [3.8, 4) is 0 Å². The summed E-state index contributed by atoms with van der Waals surface area (Å²) >= 11 is 0. The van der Waals surface area contributed by atoms with Gasteiger partial charge < -0.3 is 4.74 Å². The van der Waals surface area contributed by atoms with Crippen molar-refractivity contribution in [1.29, 1.82) is 0 Å². The van der Waals surface area contributed by atoms with Gasteiger partial charge in [-0.2, -0.15) is 0 Å². The van der Waals surface area contributed by atoms with Crippen LogP contribution in [0.5, 0.6) is 0 Å². The minimum Gasteiger partial charge on any atom is -0.489 e. The number of hydrogen-bond acceptors (Lipinski definition) is 1. The van der Waals surface area contributed by atoms with Gasteiger partial charge in [-0.1, -0.05) is 43.0 Å². The van der Waals surface area contributed by atoms with Crippen LogP contribution in [0.4, 0.5) is 0 Å². The predicted molar refractivity (Wildman–Crippen MR) is 65.5 cm³/mol. The average molecular weight is 202 g/mol. The smallest absolute Gasteiger partial charge is 0.112 e. The van der Waals surface area contributed by atoms with Gasteiger partial charge in [0.25, 0.3) is 0 Å². The number of hydrogen-bond donors (Lipinski definition) is 0. The van der Waals surface area contributed by atoms with E-state index in [0.29, 0.717) is 5.76 Å². The van der Waals surface area contributed by atoms with Crippen molar-refractivity contribution in [1.82, 2.24) is 0 Å². The first-order valence-electron chi connectivity index (χ1n) is 5.08. The second kappa shape index (κ2) is 4.83. The van der Waals surface area contributed by atoms with Gasteiger partial charge in [-0.05, 0) is 32.4 Å². The van der Waals surface area contributed by atoms with Gasteiger partial charge in [0, 0.05) is 0 Å². The summed E-state index contributed by atoms with van der Waals surface area (Å²) in [5.74, 6) is 0.686. The highest BCUT2D eigenvalue weighted by Crippen LogP contribution is 2.14. The van der Waals surface area contributed by atoms with Gasteiger partial charge in [-0.25, -0.2) is 0 Å². The quantitative estimate of drug-likeness (QED) is 0.531. The lowest BCUT2D eigenvalue weighted by molar-refractivity contribution is 0.0611. The lowest BCUT2D eigenvalue weighted by Gasteiger charge is -2.21. The summed E-state index contributed by atoms with van der Waals surface area (Å²) in [4.78, 5) is 0. The molecule has 0 unspecified atom stereocenters. The van der Waals surface area contributed by atoms with Crippen LogP contribution in [0.25, 0.3) is 6.08 Å². The number of rotatable bonds is 3. The Bertz CT molecular complexity index is 341. The van der Waals surface area contributed by atoms with Crippen LogP contribution in [0, 0.1) is 0 Å². The number of allylic oxidation sites excluding steroid dienone is 1. The van der Waals surface area contributed by atoms with E-state index in [1.54, 1.807) is 0 Å². The Morgan fingerprint density at radius 3 is 2.33 bits per heavy atom. The molecule has 0 amide bonds. The van der Waals surface area contributed by atoms with Crippen molar-refractivity contribution < 1.29 is 4.74 Å². The monoisotopic (exact) mass is 202 g/mol. The van der Waals surface area contributed by atoms with Crippen LogP contribution in [0.3, 0.4) is 0 Å². The lowest BCUT2D eigenvalue weighted by Crippen LogP contribution is -2.17. The fourth-order valence-corrected chi connectivity index (χ4v) is 1.18. The third-order valence-electron chi connectivity index (χ3n) is 1.70. The number of benzene rings is 1. The van der Waals surface area contributed by atoms with Gasteiger partial charge in [-0.3, -0.25) is 0 Å². The Balaban J connectivity index is 2.56. The van der Waals surface area contributed by atoms with Gasteiger partial charge in [0.05, 0.1) is 0 Å². The third kappa shape index (κ3) is 5.06. The van der Waals surface area contributed by atoms with E-state index >= 15 is 0 Å². The minimum atomic E-state index is -0.182. The van der Waals surface area contributed by atoms with Gasteiger partial charge in [0.15, 0.2) is 0 Å². The molecular formula is C14H18O. The van der Waals surface area contributed by atoms with Crippen LogP contribution >= 0.6 is 0 Å². The molecule has 0 aliphatic carbocycles. The maximum atomic E-state index is 5.58. The van der Waals surface area contributed by atoms with Gasteiger partial charge in [0.1, 0.15) is 11.4 Å². The van der Waals surface area contributed by atoms with Crippen molar-refractivity contribution in [2.45, 2.75) is 26.4 Å². The van der Waals surface area contributed by atoms with Crippen molar-refractivity contribution in [3.05, 3.63) is 54.3 Å². The molecule has 1 rings (SSSR count). The highest BCUT2D eigenvalue weighted by Gasteiger charge is 2.10. The second-order valence-electron chi connectivity index (χ2n) is 4.42. The maximum Gasteiger partial charge on any atom is 0.112 e. The van der Waals surface area contributed by atoms with E-state index in [-0.39, 0.29) is 5.60 Å². The highest BCUT2D eigenvalue weighted by molar-refractivity contribution is 5.51. The molecule has 0 aliphatic heterocycles. The summed E-state index contributed by atoms with van der Waals surface area (Å²) in [5.41, 5.74) is 0.967. The molecule has 0 aromatic heterocycles. The molecule has 1 heteroatoms. The SMILES string of the molecule is C=C(/C=C/c1ccccc1)OC(C)(C)C. The standard InChI is InChI=1S/C14H18O/c1-12(15-14(2,3)4)10-11-13-8-6-5-7-9-13/h5-11H,1H2,2-4H3/b11-10+. The van der Waals surface area contributed by atoms with Crippen LogP contribution in [0.2, 0.25) is 0 Å². The molecule has 1 aromatic carbocycles. The Morgan fingerprint density at radius 1 is 1.20 bits per heavy atom. The predicted octanol–water partition coefficient (Wildman–Crippen LogP) is 4.03. The molecule has 15 heavy (non-hydrogen) atoms. The average Bonchev–Trinajstić information content (AvgIpc) is 2.14. The van der Waals surface area contributed by atoms with Crippen LogP contribution in [-0.4, -0.2) is 5.60 Å². The van der Waals surface area contributed by atoms with E-state index in [0.717, 1.165) is 5.56 Å². The van der Waals surface area contributed by atoms with Gasteiger partial charge >= 0.3 is 0 Å². The Labute approximate surface area is 92.1 Å². The molecule has 0 saturated carbocycles. The highest BCUT2D eigenvalue weighted by atomic mass is 16.5. The van der Waals surface area contributed by atoms with Gasteiger partial charge in [0.2, 0.25) is 0 Å². The Kier molecular flexibility index (Phi) is 3.73. The zero-order chi connectivity index (χ0) is 11.3. The topological polar surface area (TPSA) is 9.23 Å². The number of ether oxygens (including phenoxy) is 1. The van der Waals surface area contributed by atoms with Crippen LogP contribution in [0.1, 0.15) is 26.3 Å². The summed E-state index contributed by atoms with van der Waals surface area (Å²) in [5, 5.41) is 0. The van der Waals surface area contributed by atoms with Gasteiger partial charge in [-0.15, -0.1) is 0 Å². The Hall–Kier alpha value is -1.50. The third-order valence-corrected chi connectivity index (χ3v) is 1.70. The van der Waals surface area contributed by atoms with E-state index in [1.165, 1.54) is 0 Å². The van der Waals surface area contributed by atoms with Crippen LogP contribution in [-0.2, 0) is 4.74 Å². The molecule has 0 spiro atoms. The molecule has 0 atom stereocenters. The summed E-state index contributed by atoms with van der Waals surface area (Å²) in [7, 11) is 0. The molecule has 0 N–H and O–H groups in total. The molecule has 0 bridgehead atoms. The van der Waals surface area contributed by atoms with E-state index in [1.807, 2.05) is 63.3 Å². The maximum absolute atomic E-state index is 5.58. The molecule has 0 saturated heterocycles. The molecule has 0 fully saturated rings. The first-order chi connectivity index (χ1) is 6.97. The first kappa shape index (κ1) is 11.6. The molecule has 0 radical (unpaired) electrons. The normalized spacial score (nSPS) is 11.7. The molecule has 0 heterocycles. The fourth-order valence-electron chi connectivity index (χ4n) is 1.18. The zero-order valence-electron chi connectivity index (χ0n) is 9.66. The van der Waals surface area contributed by atoms with E-state index in [9.17, 15) is 0 Å². The summed E-state index contributed by atoms with van der Waals surface area (Å²) in [6.45, 7) is 9.87. The van der Waals surface area contributed by atoms with Crippen LogP contribution in [0.15, 0.2) is 48.7 Å². The van der Waals surface area contributed by atoms with E-state index < -0.39 is 0 Å². The second-order valence-corrected chi connectivity index (χ2v) is 4.42. The molecule has 1 aromatic rings. The lowest BCUT2D eigenvalue weighted by atomic mass is 10.2. The van der Waals surface area contributed by atoms with Crippen molar-refractivity contribution in [3.63, 3.8) is 0 Å². The zero-order valence-corrected chi connectivity index (χ0v) is 9.66. The van der Waals surface area contributed by atoms with E-state index in [4.69, 9.17) is 4.74 Å². The molecule has 1 nitrogen and oxygen atoms in total. The molecule has 80 valence electrons. The fraction of sp³-hybridized carbons (Fsp3) is 0.286. The molecule has 0 aliphatic rings. The van der Waals surface area contributed by atoms with E-state index in [2.05, 4.69) is 6.58 Å². The minimum absolute atomic E-state index is 0.182. The van der Waals surface area contributed by atoms with Crippen LogP contribution < -0.4 is 0 Å². The molecular weight excluding hydrogens is 184 g/mol. The first-order valence-corrected chi connectivity index (χ1v) is 5.08. The largest absolute Gasteiger partial charge is 0.489 e. The van der Waals surface area contributed by atoms with Crippen molar-refractivity contribution >= 4 is 6.08 Å². The summed E-state index contributed by atoms with van der Waals surface area (Å²) in [6, 6.07) is 10.1. The van der Waals surface area contributed by atoms with Crippen molar-refractivity contribution in [2.75, 3.05) is 0 Å².